The summed E-state index contributed by atoms with van der Waals surface area (Å²) in [7, 11) is 1.31. The van der Waals surface area contributed by atoms with E-state index in [1.54, 1.807) is 0 Å². The third-order valence-electron chi connectivity index (χ3n) is 3.69. The van der Waals surface area contributed by atoms with Crippen molar-refractivity contribution in [2.45, 2.75) is 18.8 Å². The van der Waals surface area contributed by atoms with Gasteiger partial charge in [0.25, 0.3) is 0 Å². The second-order valence-electron chi connectivity index (χ2n) is 4.81. The van der Waals surface area contributed by atoms with Crippen molar-refractivity contribution in [3.63, 3.8) is 0 Å². The van der Waals surface area contributed by atoms with Crippen LogP contribution in [0.3, 0.4) is 0 Å². The van der Waals surface area contributed by atoms with E-state index in [0.29, 0.717) is 5.82 Å². The maximum Gasteiger partial charge on any atom is 0.343 e. The average Bonchev–Trinajstić information content (AvgIpc) is 2.90. The lowest BCUT2D eigenvalue weighted by Crippen LogP contribution is -2.12. The highest BCUT2D eigenvalue weighted by molar-refractivity contribution is 5.93. The summed E-state index contributed by atoms with van der Waals surface area (Å²) in [5, 5.41) is 0. The first-order valence-electron chi connectivity index (χ1n) is 6.49. The molecule has 1 atom stereocenters. The van der Waals surface area contributed by atoms with Crippen LogP contribution in [-0.4, -0.2) is 23.0 Å². The number of carbonyl (C=O) groups excluding carboxylic acids is 1. The van der Waals surface area contributed by atoms with E-state index in [0.717, 1.165) is 12.8 Å². The highest BCUT2D eigenvalue weighted by atomic mass is 16.5. The van der Waals surface area contributed by atoms with E-state index in [2.05, 4.69) is 26.8 Å². The van der Waals surface area contributed by atoms with Crippen molar-refractivity contribution in [2.75, 3.05) is 12.8 Å². The van der Waals surface area contributed by atoms with Gasteiger partial charge < -0.3 is 10.5 Å². The van der Waals surface area contributed by atoms with Crippen molar-refractivity contribution in [2.24, 2.45) is 0 Å². The molecule has 0 bridgehead atoms. The number of ether oxygens (including phenoxy) is 1. The summed E-state index contributed by atoms with van der Waals surface area (Å²) in [5.41, 5.74) is 8.62. The predicted molar refractivity (Wildman–Crippen MR) is 74.4 cm³/mol. The summed E-state index contributed by atoms with van der Waals surface area (Å²) in [6.45, 7) is 0. The van der Waals surface area contributed by atoms with Crippen molar-refractivity contribution in [3.8, 4) is 0 Å². The molecule has 2 N–H and O–H groups in total. The van der Waals surface area contributed by atoms with Gasteiger partial charge in [0.15, 0.2) is 0 Å². The first-order valence-corrected chi connectivity index (χ1v) is 6.49. The highest BCUT2D eigenvalue weighted by Crippen LogP contribution is 2.36. The van der Waals surface area contributed by atoms with Gasteiger partial charge in [-0.1, -0.05) is 24.3 Å². The summed E-state index contributed by atoms with van der Waals surface area (Å²) in [6.07, 6.45) is 3.43. The molecule has 102 valence electrons. The smallest absolute Gasteiger partial charge is 0.343 e. The van der Waals surface area contributed by atoms with Crippen LogP contribution >= 0.6 is 0 Å². The summed E-state index contributed by atoms with van der Waals surface area (Å²) >= 11 is 0. The molecule has 0 radical (unpaired) electrons. The van der Waals surface area contributed by atoms with Crippen molar-refractivity contribution in [1.29, 1.82) is 0 Å². The summed E-state index contributed by atoms with van der Waals surface area (Å²) in [4.78, 5) is 20.1. The lowest BCUT2D eigenvalue weighted by atomic mass is 10.0. The molecule has 0 fully saturated rings. The van der Waals surface area contributed by atoms with Crippen molar-refractivity contribution < 1.29 is 9.53 Å². The van der Waals surface area contributed by atoms with E-state index in [1.807, 2.05) is 12.1 Å². The average molecular weight is 269 g/mol. The second-order valence-corrected chi connectivity index (χ2v) is 4.81. The third kappa shape index (κ3) is 2.01. The summed E-state index contributed by atoms with van der Waals surface area (Å²) < 4.78 is 4.64. The monoisotopic (exact) mass is 269 g/mol. The molecule has 0 aliphatic heterocycles. The molecule has 0 saturated carbocycles. The van der Waals surface area contributed by atoms with Crippen LogP contribution in [0.25, 0.3) is 0 Å². The van der Waals surface area contributed by atoms with Crippen molar-refractivity contribution in [3.05, 3.63) is 53.0 Å². The Kier molecular flexibility index (Phi) is 3.10. The number of hydrogen-bond acceptors (Lipinski definition) is 5. The van der Waals surface area contributed by atoms with Gasteiger partial charge in [0.1, 0.15) is 17.2 Å². The van der Waals surface area contributed by atoms with Gasteiger partial charge >= 0.3 is 5.97 Å². The predicted octanol–water partition coefficient (Wildman–Crippen LogP) is 1.92. The third-order valence-corrected chi connectivity index (χ3v) is 3.69. The quantitative estimate of drug-likeness (QED) is 0.843. The van der Waals surface area contributed by atoms with Crippen molar-refractivity contribution >= 4 is 11.8 Å². The SMILES string of the molecule is COC(=O)c1cnc(C2CCc3ccccc32)nc1N. The number of esters is 1. The lowest BCUT2D eigenvalue weighted by Gasteiger charge is -2.11. The van der Waals surface area contributed by atoms with Gasteiger partial charge in [-0.2, -0.15) is 0 Å². The van der Waals surface area contributed by atoms with Crippen LogP contribution in [0.5, 0.6) is 0 Å². The molecule has 1 aromatic carbocycles. The van der Waals surface area contributed by atoms with Crippen LogP contribution in [0.1, 0.15) is 39.6 Å². The molecule has 5 nitrogen and oxygen atoms in total. The number of nitrogens with zero attached hydrogens (tertiary/aromatic N) is 2. The van der Waals surface area contributed by atoms with Crippen LogP contribution in [0.15, 0.2) is 30.5 Å². The van der Waals surface area contributed by atoms with Crippen LogP contribution in [0.2, 0.25) is 0 Å². The standard InChI is InChI=1S/C15H15N3O2/c1-20-15(19)12-8-17-14(18-13(12)16)11-7-6-9-4-2-3-5-10(9)11/h2-5,8,11H,6-7H2,1H3,(H2,16,17,18). The molecular formula is C15H15N3O2. The zero-order valence-corrected chi connectivity index (χ0v) is 11.2. The van der Waals surface area contributed by atoms with E-state index in [1.165, 1.54) is 24.4 Å². The number of rotatable bonds is 2. The Hall–Kier alpha value is -2.43. The molecule has 1 aromatic heterocycles. The maximum atomic E-state index is 11.5. The molecular weight excluding hydrogens is 254 g/mol. The first kappa shape index (κ1) is 12.6. The fourth-order valence-corrected chi connectivity index (χ4v) is 2.67. The normalized spacial score (nSPS) is 16.8. The van der Waals surface area contributed by atoms with Gasteiger partial charge in [-0.25, -0.2) is 14.8 Å². The molecule has 0 amide bonds. The number of hydrogen-bond donors (Lipinski definition) is 1. The number of methoxy groups -OCH3 is 1. The minimum atomic E-state index is -0.513. The summed E-state index contributed by atoms with van der Waals surface area (Å²) in [6, 6.07) is 8.28. The molecule has 1 aliphatic rings. The number of carbonyl (C=O) groups is 1. The first-order chi connectivity index (χ1) is 9.70. The zero-order valence-electron chi connectivity index (χ0n) is 11.2. The Morgan fingerprint density at radius 3 is 2.95 bits per heavy atom. The number of nitrogens with two attached hydrogens (primary N) is 1. The van der Waals surface area contributed by atoms with E-state index in [4.69, 9.17) is 5.73 Å². The molecule has 0 saturated heterocycles. The minimum absolute atomic E-state index is 0.153. The number of nitrogen functional groups attached to an aromatic ring is 1. The Balaban J connectivity index is 1.97. The van der Waals surface area contributed by atoms with Gasteiger partial charge in [0.05, 0.1) is 7.11 Å². The number of benzene rings is 1. The second kappa shape index (κ2) is 4.92. The number of anilines is 1. The van der Waals surface area contributed by atoms with Crippen LogP contribution < -0.4 is 5.73 Å². The number of aryl methyl sites for hydroxylation is 1. The van der Waals surface area contributed by atoms with Crippen LogP contribution in [0.4, 0.5) is 5.82 Å². The Morgan fingerprint density at radius 2 is 2.20 bits per heavy atom. The van der Waals surface area contributed by atoms with Gasteiger partial charge in [0.2, 0.25) is 0 Å². The molecule has 1 unspecified atom stereocenters. The summed E-state index contributed by atoms with van der Waals surface area (Å²) in [5.74, 6) is 0.479. The molecule has 3 rings (SSSR count). The lowest BCUT2D eigenvalue weighted by molar-refractivity contribution is 0.0601. The Morgan fingerprint density at radius 1 is 1.40 bits per heavy atom. The molecule has 5 heteroatoms. The fraction of sp³-hybridized carbons (Fsp3) is 0.267. The topological polar surface area (TPSA) is 78.1 Å². The molecule has 1 aliphatic carbocycles. The number of aromatic nitrogens is 2. The largest absolute Gasteiger partial charge is 0.465 e. The minimum Gasteiger partial charge on any atom is -0.465 e. The maximum absolute atomic E-state index is 11.5. The van der Waals surface area contributed by atoms with E-state index in [9.17, 15) is 4.79 Å². The van der Waals surface area contributed by atoms with Crippen molar-refractivity contribution in [1.82, 2.24) is 9.97 Å². The number of fused-ring (bicyclic) bond motifs is 1. The van der Waals surface area contributed by atoms with E-state index < -0.39 is 5.97 Å². The Bertz CT molecular complexity index is 670. The van der Waals surface area contributed by atoms with E-state index in [-0.39, 0.29) is 17.3 Å². The zero-order chi connectivity index (χ0) is 14.1. The van der Waals surface area contributed by atoms with Gasteiger partial charge in [-0.15, -0.1) is 0 Å². The molecule has 20 heavy (non-hydrogen) atoms. The molecule has 1 heterocycles. The molecule has 0 spiro atoms. The van der Waals surface area contributed by atoms with E-state index >= 15 is 0 Å². The fourth-order valence-electron chi connectivity index (χ4n) is 2.67. The highest BCUT2D eigenvalue weighted by Gasteiger charge is 2.26. The Labute approximate surface area is 116 Å². The van der Waals surface area contributed by atoms with Gasteiger partial charge in [-0.05, 0) is 24.0 Å². The van der Waals surface area contributed by atoms with Gasteiger partial charge in [0, 0.05) is 12.1 Å². The molecule has 2 aromatic rings. The van der Waals surface area contributed by atoms with Crippen LogP contribution in [0, 0.1) is 0 Å². The van der Waals surface area contributed by atoms with Crippen LogP contribution in [-0.2, 0) is 11.2 Å². The van der Waals surface area contributed by atoms with Gasteiger partial charge in [-0.3, -0.25) is 0 Å².